The minimum atomic E-state index is -0.568. The maximum atomic E-state index is 11.8. The van der Waals surface area contributed by atoms with Gasteiger partial charge in [0.25, 0.3) is 0 Å². The number of para-hydroxylation sites is 2. The highest BCUT2D eigenvalue weighted by Gasteiger charge is 2.16. The van der Waals surface area contributed by atoms with E-state index >= 15 is 0 Å². The zero-order chi connectivity index (χ0) is 20.1. The summed E-state index contributed by atoms with van der Waals surface area (Å²) >= 11 is 0. The molecule has 0 aliphatic carbocycles. The van der Waals surface area contributed by atoms with Crippen molar-refractivity contribution >= 4 is 17.6 Å². The van der Waals surface area contributed by atoms with Crippen LogP contribution in [0.15, 0.2) is 24.3 Å². The molecule has 27 heavy (non-hydrogen) atoms. The van der Waals surface area contributed by atoms with Gasteiger partial charge in [-0.05, 0) is 24.8 Å². The predicted octanol–water partition coefficient (Wildman–Crippen LogP) is 4.82. The molecule has 1 aromatic rings. The van der Waals surface area contributed by atoms with Crippen LogP contribution < -0.4 is 4.74 Å². The number of nitrogens with zero attached hydrogens (tertiary/aromatic N) is 1. The minimum Gasteiger partial charge on any atom is -0.465 e. The van der Waals surface area contributed by atoms with E-state index in [1.54, 1.807) is 6.07 Å². The van der Waals surface area contributed by atoms with Crippen LogP contribution in [0, 0.1) is 16.0 Å². The lowest BCUT2D eigenvalue weighted by molar-refractivity contribution is -0.385. The first-order valence-corrected chi connectivity index (χ1v) is 9.50. The second-order valence-electron chi connectivity index (χ2n) is 6.90. The molecule has 1 aromatic carbocycles. The van der Waals surface area contributed by atoms with Crippen molar-refractivity contribution in [3.63, 3.8) is 0 Å². The first-order valence-electron chi connectivity index (χ1n) is 9.50. The van der Waals surface area contributed by atoms with E-state index in [9.17, 15) is 19.7 Å². The Hall–Kier alpha value is -2.44. The van der Waals surface area contributed by atoms with Gasteiger partial charge in [0.2, 0.25) is 5.75 Å². The normalized spacial score (nSPS) is 10.6. The van der Waals surface area contributed by atoms with Gasteiger partial charge in [-0.25, -0.2) is 0 Å². The van der Waals surface area contributed by atoms with E-state index in [2.05, 4.69) is 0 Å². The molecule has 0 unspecified atom stereocenters. The molecule has 0 aliphatic rings. The highest BCUT2D eigenvalue weighted by atomic mass is 16.6. The Morgan fingerprint density at radius 1 is 0.963 bits per heavy atom. The van der Waals surface area contributed by atoms with Gasteiger partial charge >= 0.3 is 17.6 Å². The standard InChI is InChI=1S/C20H29NO6/c1-16(2)15-26-19(22)13-7-5-3-4-6-8-14-20(23)27-18-12-10-9-11-17(18)21(24)25/h9-12,16H,3-8,13-15H2,1-2H3. The summed E-state index contributed by atoms with van der Waals surface area (Å²) in [5.74, 6) is -0.260. The summed E-state index contributed by atoms with van der Waals surface area (Å²) in [4.78, 5) is 33.6. The highest BCUT2D eigenvalue weighted by molar-refractivity contribution is 5.73. The van der Waals surface area contributed by atoms with Gasteiger partial charge in [0, 0.05) is 18.9 Å². The number of hydrogen-bond acceptors (Lipinski definition) is 6. The van der Waals surface area contributed by atoms with E-state index in [0.29, 0.717) is 25.4 Å². The van der Waals surface area contributed by atoms with Gasteiger partial charge in [-0.1, -0.05) is 51.7 Å². The van der Waals surface area contributed by atoms with Crippen molar-refractivity contribution in [2.24, 2.45) is 5.92 Å². The lowest BCUT2D eigenvalue weighted by atomic mass is 10.1. The fourth-order valence-electron chi connectivity index (χ4n) is 2.45. The monoisotopic (exact) mass is 379 g/mol. The van der Waals surface area contributed by atoms with Gasteiger partial charge in [0.1, 0.15) is 0 Å². The number of carbonyl (C=O) groups is 2. The van der Waals surface area contributed by atoms with E-state index in [1.165, 1.54) is 18.2 Å². The average Bonchev–Trinajstić information content (AvgIpc) is 2.62. The molecule has 0 radical (unpaired) electrons. The minimum absolute atomic E-state index is 0.0168. The van der Waals surface area contributed by atoms with E-state index < -0.39 is 10.9 Å². The van der Waals surface area contributed by atoms with Crippen LogP contribution in [-0.4, -0.2) is 23.5 Å². The first-order chi connectivity index (χ1) is 12.9. The summed E-state index contributed by atoms with van der Waals surface area (Å²) in [6, 6.07) is 5.84. The Kier molecular flexibility index (Phi) is 10.7. The predicted molar refractivity (Wildman–Crippen MR) is 101 cm³/mol. The number of ether oxygens (including phenoxy) is 2. The number of carbonyl (C=O) groups excluding carboxylic acids is 2. The fraction of sp³-hybridized carbons (Fsp3) is 0.600. The smallest absolute Gasteiger partial charge is 0.311 e. The van der Waals surface area contributed by atoms with Crippen LogP contribution in [0.5, 0.6) is 5.75 Å². The van der Waals surface area contributed by atoms with Crippen molar-refractivity contribution < 1.29 is 24.0 Å². The third kappa shape index (κ3) is 10.3. The Morgan fingerprint density at radius 3 is 2.11 bits per heavy atom. The number of benzene rings is 1. The molecule has 0 aromatic heterocycles. The summed E-state index contributed by atoms with van der Waals surface area (Å²) < 4.78 is 10.2. The number of esters is 2. The topological polar surface area (TPSA) is 95.7 Å². The molecule has 1 rings (SSSR count). The van der Waals surface area contributed by atoms with Crippen LogP contribution in [0.25, 0.3) is 0 Å². The van der Waals surface area contributed by atoms with Gasteiger partial charge in [-0.3, -0.25) is 19.7 Å². The first kappa shape index (κ1) is 22.6. The van der Waals surface area contributed by atoms with Crippen molar-refractivity contribution in [1.29, 1.82) is 0 Å². The van der Waals surface area contributed by atoms with Crippen LogP contribution in [0.4, 0.5) is 5.69 Å². The summed E-state index contributed by atoms with van der Waals surface area (Å²) in [6.45, 7) is 4.48. The number of hydrogen-bond donors (Lipinski definition) is 0. The summed E-state index contributed by atoms with van der Waals surface area (Å²) in [6.07, 6.45) is 5.98. The Morgan fingerprint density at radius 2 is 1.52 bits per heavy atom. The van der Waals surface area contributed by atoms with Crippen molar-refractivity contribution in [1.82, 2.24) is 0 Å². The van der Waals surface area contributed by atoms with Gasteiger partial charge < -0.3 is 9.47 Å². The van der Waals surface area contributed by atoms with Crippen LogP contribution in [0.2, 0.25) is 0 Å². The zero-order valence-corrected chi connectivity index (χ0v) is 16.1. The molecule has 0 fully saturated rings. The van der Waals surface area contributed by atoms with Crippen LogP contribution in [0.3, 0.4) is 0 Å². The van der Waals surface area contributed by atoms with Crippen molar-refractivity contribution in [2.45, 2.75) is 65.2 Å². The number of unbranched alkanes of at least 4 members (excludes halogenated alkanes) is 5. The highest BCUT2D eigenvalue weighted by Crippen LogP contribution is 2.26. The average molecular weight is 379 g/mol. The molecule has 0 heterocycles. The fourth-order valence-corrected chi connectivity index (χ4v) is 2.45. The molecule has 150 valence electrons. The molecule has 0 atom stereocenters. The molecule has 0 bridgehead atoms. The Labute approximate surface area is 160 Å². The van der Waals surface area contributed by atoms with Crippen LogP contribution in [-0.2, 0) is 14.3 Å². The van der Waals surface area contributed by atoms with E-state index in [1.807, 2.05) is 13.8 Å². The van der Waals surface area contributed by atoms with Crippen LogP contribution in [0.1, 0.15) is 65.2 Å². The maximum absolute atomic E-state index is 11.8. The molecule has 0 saturated carbocycles. The van der Waals surface area contributed by atoms with Crippen molar-refractivity contribution in [3.05, 3.63) is 34.4 Å². The molecule has 0 amide bonds. The third-order valence-corrected chi connectivity index (χ3v) is 3.88. The van der Waals surface area contributed by atoms with Gasteiger partial charge in [0.05, 0.1) is 11.5 Å². The summed E-state index contributed by atoms with van der Waals surface area (Å²) in [5.41, 5.74) is -0.210. The number of nitro groups is 1. The SMILES string of the molecule is CC(C)COC(=O)CCCCCCCCC(=O)Oc1ccccc1[N+](=O)[O-]. The molecule has 0 saturated heterocycles. The summed E-state index contributed by atoms with van der Waals surface area (Å²) in [5, 5.41) is 10.9. The Bertz CT molecular complexity index is 614. The van der Waals surface area contributed by atoms with E-state index in [0.717, 1.165) is 32.1 Å². The molecule has 0 N–H and O–H groups in total. The lowest BCUT2D eigenvalue weighted by Crippen LogP contribution is -2.09. The molecule has 7 nitrogen and oxygen atoms in total. The molecular formula is C20H29NO6. The van der Waals surface area contributed by atoms with Crippen molar-refractivity contribution in [3.8, 4) is 5.75 Å². The molecule has 7 heteroatoms. The second-order valence-corrected chi connectivity index (χ2v) is 6.90. The maximum Gasteiger partial charge on any atom is 0.311 e. The Balaban J connectivity index is 2.08. The largest absolute Gasteiger partial charge is 0.465 e. The van der Waals surface area contributed by atoms with Crippen molar-refractivity contribution in [2.75, 3.05) is 6.61 Å². The van der Waals surface area contributed by atoms with E-state index in [-0.39, 0.29) is 23.8 Å². The van der Waals surface area contributed by atoms with Gasteiger partial charge in [-0.2, -0.15) is 0 Å². The third-order valence-electron chi connectivity index (χ3n) is 3.88. The van der Waals surface area contributed by atoms with Gasteiger partial charge in [0.15, 0.2) is 0 Å². The molecular weight excluding hydrogens is 350 g/mol. The molecule has 0 aliphatic heterocycles. The van der Waals surface area contributed by atoms with Gasteiger partial charge in [-0.15, -0.1) is 0 Å². The van der Waals surface area contributed by atoms with Crippen LogP contribution >= 0.6 is 0 Å². The second kappa shape index (κ2) is 12.8. The van der Waals surface area contributed by atoms with E-state index in [4.69, 9.17) is 9.47 Å². The lowest BCUT2D eigenvalue weighted by Gasteiger charge is -2.07. The molecule has 0 spiro atoms. The quantitative estimate of drug-likeness (QED) is 0.160. The number of nitro benzene ring substituents is 1. The zero-order valence-electron chi connectivity index (χ0n) is 16.1. The number of rotatable bonds is 13. The summed E-state index contributed by atoms with van der Waals surface area (Å²) in [7, 11) is 0.